The highest BCUT2D eigenvalue weighted by atomic mass is 19.4. The largest absolute Gasteiger partial charge is 0.438 e. The van der Waals surface area contributed by atoms with Crippen molar-refractivity contribution < 1.29 is 31.5 Å². The number of amides is 1. The lowest BCUT2D eigenvalue weighted by Gasteiger charge is -2.35. The Balaban J connectivity index is 1.94. The first-order chi connectivity index (χ1) is 15.1. The maximum Gasteiger partial charge on any atom is 0.416 e. The Kier molecular flexibility index (Phi) is 5.78. The number of piperidine rings is 1. The van der Waals surface area contributed by atoms with Gasteiger partial charge in [-0.05, 0) is 51.1 Å². The summed E-state index contributed by atoms with van der Waals surface area (Å²) in [6, 6.07) is 3.10. The number of carbonyl (C=O) groups excluding carboxylic acids is 1. The molecule has 1 amide bonds. The summed E-state index contributed by atoms with van der Waals surface area (Å²) < 4.78 is 74.8. The van der Waals surface area contributed by atoms with Crippen molar-refractivity contribution in [2.45, 2.75) is 43.6 Å². The predicted molar refractivity (Wildman–Crippen MR) is 106 cm³/mol. The van der Waals surface area contributed by atoms with Crippen LogP contribution < -0.4 is 10.6 Å². The standard InChI is InChI=1S/C21H21F5N4O2/c1-11(23)17-16-13(2-5-28-18(16)30-19(31)32-17)14-8-12(21(24,25)26)9-15(29-14)20(10-22)3-6-27-7-4-20/h2,5,8-9,11,17,27H,3-4,6-7,10H2,1H3,(H,28,30,31). The molecule has 0 saturated carbocycles. The number of carbonyl (C=O) groups is 1. The van der Waals surface area contributed by atoms with Gasteiger partial charge in [0.05, 0.1) is 17.0 Å². The second-order valence-electron chi connectivity index (χ2n) is 8.04. The minimum atomic E-state index is -4.71. The number of nitrogens with zero attached hydrogens (tertiary/aromatic N) is 2. The number of cyclic esters (lactones) is 1. The second-order valence-corrected chi connectivity index (χ2v) is 8.04. The number of hydrogen-bond acceptors (Lipinski definition) is 5. The minimum absolute atomic E-state index is 0.0116. The SMILES string of the molecule is CC(F)C1OC(=O)Nc2nccc(-c3cc(C(F)(F)F)cc(C4(CF)CCNCC4)n3)c21. The molecule has 2 unspecified atom stereocenters. The van der Waals surface area contributed by atoms with E-state index in [1.165, 1.54) is 19.2 Å². The number of alkyl halides is 5. The highest BCUT2D eigenvalue weighted by molar-refractivity contribution is 5.89. The van der Waals surface area contributed by atoms with Gasteiger partial charge in [-0.15, -0.1) is 0 Å². The van der Waals surface area contributed by atoms with Gasteiger partial charge in [-0.25, -0.2) is 14.2 Å². The average molecular weight is 456 g/mol. The van der Waals surface area contributed by atoms with E-state index in [1.807, 2.05) is 0 Å². The number of ether oxygens (including phenoxy) is 1. The van der Waals surface area contributed by atoms with Gasteiger partial charge in [0.1, 0.15) is 18.7 Å². The van der Waals surface area contributed by atoms with Crippen molar-refractivity contribution >= 4 is 11.9 Å². The quantitative estimate of drug-likeness (QED) is 0.652. The summed E-state index contributed by atoms with van der Waals surface area (Å²) in [7, 11) is 0. The number of rotatable bonds is 4. The lowest BCUT2D eigenvalue weighted by molar-refractivity contribution is -0.137. The summed E-state index contributed by atoms with van der Waals surface area (Å²) in [6.45, 7) is 1.20. The molecular weight excluding hydrogens is 435 g/mol. The van der Waals surface area contributed by atoms with Crippen LogP contribution in [0.4, 0.5) is 32.6 Å². The van der Waals surface area contributed by atoms with Crippen LogP contribution in [0.1, 0.15) is 42.7 Å². The first-order valence-electron chi connectivity index (χ1n) is 10.1. The van der Waals surface area contributed by atoms with Crippen molar-refractivity contribution in [3.63, 3.8) is 0 Å². The summed E-state index contributed by atoms with van der Waals surface area (Å²) in [6.07, 6.45) is -6.81. The highest BCUT2D eigenvalue weighted by Gasteiger charge is 2.40. The Hall–Kier alpha value is -2.82. The van der Waals surface area contributed by atoms with E-state index in [2.05, 4.69) is 20.6 Å². The van der Waals surface area contributed by atoms with Crippen molar-refractivity contribution in [2.24, 2.45) is 0 Å². The van der Waals surface area contributed by atoms with E-state index in [0.717, 1.165) is 12.1 Å². The van der Waals surface area contributed by atoms with Crippen LogP contribution in [-0.2, 0) is 16.3 Å². The molecule has 1 fully saturated rings. The smallest absolute Gasteiger partial charge is 0.416 e. The number of aromatic nitrogens is 2. The molecule has 0 aliphatic carbocycles. The summed E-state index contributed by atoms with van der Waals surface area (Å²) in [5, 5.41) is 5.41. The van der Waals surface area contributed by atoms with Gasteiger partial charge < -0.3 is 10.1 Å². The molecular formula is C21H21F5N4O2. The first kappa shape index (κ1) is 22.4. The van der Waals surface area contributed by atoms with Gasteiger partial charge in [0, 0.05) is 22.7 Å². The average Bonchev–Trinajstić information content (AvgIpc) is 2.77. The first-order valence-corrected chi connectivity index (χ1v) is 10.1. The van der Waals surface area contributed by atoms with Crippen molar-refractivity contribution in [3.8, 4) is 11.3 Å². The highest BCUT2D eigenvalue weighted by Crippen LogP contribution is 2.43. The van der Waals surface area contributed by atoms with Crippen LogP contribution in [0.25, 0.3) is 11.3 Å². The summed E-state index contributed by atoms with van der Waals surface area (Å²) in [5.41, 5.74) is -2.07. The number of nitrogens with one attached hydrogen (secondary N) is 2. The van der Waals surface area contributed by atoms with Crippen molar-refractivity contribution in [1.29, 1.82) is 0 Å². The summed E-state index contributed by atoms with van der Waals surface area (Å²) in [5.74, 6) is -0.0175. The molecule has 6 nitrogen and oxygen atoms in total. The molecule has 4 heterocycles. The molecule has 2 aromatic heterocycles. The molecule has 0 spiro atoms. The van der Waals surface area contributed by atoms with Gasteiger partial charge in [-0.3, -0.25) is 14.7 Å². The molecule has 4 rings (SSSR count). The molecule has 0 bridgehead atoms. The fourth-order valence-corrected chi connectivity index (χ4v) is 4.18. The van der Waals surface area contributed by atoms with Crippen molar-refractivity contribution in [2.75, 3.05) is 25.1 Å². The molecule has 2 atom stereocenters. The minimum Gasteiger partial charge on any atom is -0.438 e. The lowest BCUT2D eigenvalue weighted by atomic mass is 9.76. The van der Waals surface area contributed by atoms with Crippen LogP contribution in [0.3, 0.4) is 0 Å². The number of halogens is 5. The Morgan fingerprint density at radius 1 is 1.28 bits per heavy atom. The molecule has 2 aliphatic rings. The van der Waals surface area contributed by atoms with E-state index in [-0.39, 0.29) is 41.2 Å². The molecule has 0 radical (unpaired) electrons. The topological polar surface area (TPSA) is 76.1 Å². The predicted octanol–water partition coefficient (Wildman–Crippen LogP) is 4.71. The molecule has 11 heteroatoms. The number of fused-ring (bicyclic) bond motifs is 1. The van der Waals surface area contributed by atoms with Crippen LogP contribution >= 0.6 is 0 Å². The monoisotopic (exact) mass is 456 g/mol. The molecule has 32 heavy (non-hydrogen) atoms. The number of pyridine rings is 2. The Labute approximate surface area is 180 Å². The molecule has 2 aliphatic heterocycles. The van der Waals surface area contributed by atoms with E-state index in [0.29, 0.717) is 13.1 Å². The van der Waals surface area contributed by atoms with E-state index in [1.54, 1.807) is 0 Å². The third kappa shape index (κ3) is 4.01. The second kappa shape index (κ2) is 8.27. The third-order valence-electron chi connectivity index (χ3n) is 5.93. The van der Waals surface area contributed by atoms with Gasteiger partial charge in [-0.2, -0.15) is 13.2 Å². The molecule has 172 valence electrons. The van der Waals surface area contributed by atoms with Gasteiger partial charge in [0.25, 0.3) is 0 Å². The zero-order valence-electron chi connectivity index (χ0n) is 17.1. The third-order valence-corrected chi connectivity index (χ3v) is 5.93. The van der Waals surface area contributed by atoms with Gasteiger partial charge in [0.15, 0.2) is 6.10 Å². The van der Waals surface area contributed by atoms with E-state index in [9.17, 15) is 26.7 Å². The lowest BCUT2D eigenvalue weighted by Crippen LogP contribution is -2.42. The fourth-order valence-electron chi connectivity index (χ4n) is 4.18. The van der Waals surface area contributed by atoms with Crippen LogP contribution in [0, 0.1) is 0 Å². The number of hydrogen-bond donors (Lipinski definition) is 2. The molecule has 2 aromatic rings. The Morgan fingerprint density at radius 2 is 2.00 bits per heavy atom. The molecule has 2 N–H and O–H groups in total. The van der Waals surface area contributed by atoms with E-state index in [4.69, 9.17) is 4.74 Å². The maximum absolute atomic E-state index is 14.3. The van der Waals surface area contributed by atoms with Gasteiger partial charge >= 0.3 is 12.3 Å². The van der Waals surface area contributed by atoms with Gasteiger partial charge in [-0.1, -0.05) is 0 Å². The van der Waals surface area contributed by atoms with Crippen LogP contribution in [0.5, 0.6) is 0 Å². The van der Waals surface area contributed by atoms with Crippen molar-refractivity contribution in [3.05, 3.63) is 41.2 Å². The Morgan fingerprint density at radius 3 is 2.62 bits per heavy atom. The Bertz CT molecular complexity index is 1020. The van der Waals surface area contributed by atoms with Crippen LogP contribution in [0.2, 0.25) is 0 Å². The fraction of sp³-hybridized carbons (Fsp3) is 0.476. The number of anilines is 1. The summed E-state index contributed by atoms with van der Waals surface area (Å²) in [4.78, 5) is 20.2. The summed E-state index contributed by atoms with van der Waals surface area (Å²) >= 11 is 0. The van der Waals surface area contributed by atoms with Crippen molar-refractivity contribution in [1.82, 2.24) is 15.3 Å². The normalized spacial score (nSPS) is 21.3. The van der Waals surface area contributed by atoms with Crippen LogP contribution in [0.15, 0.2) is 24.4 Å². The zero-order valence-corrected chi connectivity index (χ0v) is 17.1. The van der Waals surface area contributed by atoms with Gasteiger partial charge in [0.2, 0.25) is 0 Å². The van der Waals surface area contributed by atoms with Crippen LogP contribution in [-0.4, -0.2) is 42.0 Å². The maximum atomic E-state index is 14.3. The zero-order chi connectivity index (χ0) is 23.1. The molecule has 1 saturated heterocycles. The van der Waals surface area contributed by atoms with E-state index < -0.39 is 42.2 Å². The molecule has 0 aromatic carbocycles. The van der Waals surface area contributed by atoms with E-state index >= 15 is 0 Å².